The summed E-state index contributed by atoms with van der Waals surface area (Å²) in [5.41, 5.74) is 1.73. The lowest BCUT2D eigenvalue weighted by Gasteiger charge is -2.16. The molecule has 1 aromatic heterocycles. The lowest BCUT2D eigenvalue weighted by Crippen LogP contribution is -2.02. The van der Waals surface area contributed by atoms with Crippen molar-refractivity contribution >= 4 is 38.9 Å². The zero-order chi connectivity index (χ0) is 13.3. The van der Waals surface area contributed by atoms with Gasteiger partial charge < -0.3 is 9.84 Å². The molecule has 0 saturated heterocycles. The fourth-order valence-corrected chi connectivity index (χ4v) is 3.73. The zero-order valence-corrected chi connectivity index (χ0v) is 13.1. The first kappa shape index (κ1) is 13.9. The molecule has 0 amide bonds. The maximum absolute atomic E-state index is 10.5. The van der Waals surface area contributed by atoms with E-state index in [0.717, 1.165) is 14.9 Å². The van der Waals surface area contributed by atoms with Crippen LogP contribution in [0.1, 0.15) is 22.1 Å². The highest BCUT2D eigenvalue weighted by Crippen LogP contribution is 2.40. The molecule has 0 fully saturated rings. The maximum atomic E-state index is 10.5. The second-order valence-electron chi connectivity index (χ2n) is 3.88. The van der Waals surface area contributed by atoms with E-state index in [4.69, 9.17) is 16.3 Å². The Bertz CT molecular complexity index is 568. The van der Waals surface area contributed by atoms with Gasteiger partial charge in [-0.2, -0.15) is 0 Å². The van der Waals surface area contributed by atoms with Gasteiger partial charge in [0, 0.05) is 15.5 Å². The maximum Gasteiger partial charge on any atom is 0.139 e. The normalized spacial score (nSPS) is 12.5. The van der Waals surface area contributed by atoms with Crippen LogP contribution in [-0.2, 0) is 0 Å². The summed E-state index contributed by atoms with van der Waals surface area (Å²) in [7, 11) is 1.57. The van der Waals surface area contributed by atoms with Crippen LogP contribution in [-0.4, -0.2) is 12.2 Å². The van der Waals surface area contributed by atoms with E-state index in [2.05, 4.69) is 15.9 Å². The molecule has 1 heterocycles. The topological polar surface area (TPSA) is 29.5 Å². The highest BCUT2D eigenvalue weighted by Gasteiger charge is 2.20. The second-order valence-corrected chi connectivity index (χ2v) is 6.12. The van der Waals surface area contributed by atoms with Crippen LogP contribution in [0.3, 0.4) is 0 Å². The lowest BCUT2D eigenvalue weighted by molar-refractivity contribution is 0.217. The quantitative estimate of drug-likeness (QED) is 0.882. The van der Waals surface area contributed by atoms with E-state index < -0.39 is 6.10 Å². The zero-order valence-electron chi connectivity index (χ0n) is 9.91. The first-order valence-electron chi connectivity index (χ1n) is 5.29. The van der Waals surface area contributed by atoms with Gasteiger partial charge >= 0.3 is 0 Å². The Morgan fingerprint density at radius 3 is 2.72 bits per heavy atom. The molecule has 18 heavy (non-hydrogen) atoms. The van der Waals surface area contributed by atoms with E-state index in [1.165, 1.54) is 11.3 Å². The van der Waals surface area contributed by atoms with E-state index in [0.29, 0.717) is 16.3 Å². The van der Waals surface area contributed by atoms with Gasteiger partial charge in [-0.05, 0) is 52.0 Å². The van der Waals surface area contributed by atoms with Crippen LogP contribution in [0.5, 0.6) is 5.75 Å². The van der Waals surface area contributed by atoms with E-state index in [9.17, 15) is 5.11 Å². The summed E-state index contributed by atoms with van der Waals surface area (Å²) in [5.74, 6) is 0.611. The van der Waals surface area contributed by atoms with Gasteiger partial charge in [0.2, 0.25) is 0 Å². The molecule has 0 radical (unpaired) electrons. The van der Waals surface area contributed by atoms with Crippen LogP contribution < -0.4 is 4.74 Å². The molecule has 2 aromatic rings. The minimum atomic E-state index is -0.727. The molecule has 5 heteroatoms. The summed E-state index contributed by atoms with van der Waals surface area (Å²) in [5, 5.41) is 13.0. The number of rotatable bonds is 3. The molecule has 1 unspecified atom stereocenters. The largest absolute Gasteiger partial charge is 0.495 e. The van der Waals surface area contributed by atoms with Crippen LogP contribution in [0.25, 0.3) is 0 Å². The van der Waals surface area contributed by atoms with Gasteiger partial charge in [-0.1, -0.05) is 11.6 Å². The third kappa shape index (κ3) is 2.57. The van der Waals surface area contributed by atoms with Crippen LogP contribution in [0.2, 0.25) is 5.02 Å². The van der Waals surface area contributed by atoms with Crippen molar-refractivity contribution in [3.8, 4) is 5.75 Å². The van der Waals surface area contributed by atoms with Gasteiger partial charge in [0.25, 0.3) is 0 Å². The van der Waals surface area contributed by atoms with Gasteiger partial charge in [0.15, 0.2) is 0 Å². The third-order valence-corrected chi connectivity index (χ3v) is 4.56. The van der Waals surface area contributed by atoms with Crippen molar-refractivity contribution in [2.75, 3.05) is 7.11 Å². The lowest BCUT2D eigenvalue weighted by atomic mass is 10.0. The highest BCUT2D eigenvalue weighted by molar-refractivity contribution is 9.10. The van der Waals surface area contributed by atoms with Crippen molar-refractivity contribution < 1.29 is 9.84 Å². The number of thiophene rings is 1. The highest BCUT2D eigenvalue weighted by atomic mass is 79.9. The van der Waals surface area contributed by atoms with Gasteiger partial charge in [-0.3, -0.25) is 0 Å². The Kier molecular flexibility index (Phi) is 4.33. The number of methoxy groups -OCH3 is 1. The molecule has 1 aromatic carbocycles. The predicted molar refractivity (Wildman–Crippen MR) is 78.8 cm³/mol. The van der Waals surface area contributed by atoms with Crippen LogP contribution in [0.4, 0.5) is 0 Å². The van der Waals surface area contributed by atoms with E-state index in [1.54, 1.807) is 19.2 Å². The van der Waals surface area contributed by atoms with Gasteiger partial charge in [0.05, 0.1) is 11.6 Å². The number of benzene rings is 1. The monoisotopic (exact) mass is 346 g/mol. The van der Waals surface area contributed by atoms with Crippen LogP contribution in [0, 0.1) is 6.92 Å². The third-order valence-electron chi connectivity index (χ3n) is 2.69. The second kappa shape index (κ2) is 5.61. The van der Waals surface area contributed by atoms with Crippen molar-refractivity contribution in [2.45, 2.75) is 13.0 Å². The Morgan fingerprint density at radius 1 is 1.44 bits per heavy atom. The molecule has 2 rings (SSSR count). The summed E-state index contributed by atoms with van der Waals surface area (Å²) < 4.78 is 6.07. The number of hydrogen-bond acceptors (Lipinski definition) is 3. The summed E-state index contributed by atoms with van der Waals surface area (Å²) in [4.78, 5) is 0.905. The SMILES string of the molecule is COc1c(Br)cc(Cl)cc1C(O)c1sccc1C. The Morgan fingerprint density at radius 2 is 2.17 bits per heavy atom. The van der Waals surface area contributed by atoms with Crippen LogP contribution >= 0.6 is 38.9 Å². The number of aliphatic hydroxyl groups is 1. The molecule has 96 valence electrons. The molecule has 0 saturated carbocycles. The molecular formula is C13H12BrClO2S. The summed E-state index contributed by atoms with van der Waals surface area (Å²) in [6.07, 6.45) is -0.727. The summed E-state index contributed by atoms with van der Waals surface area (Å²) >= 11 is 10.9. The van der Waals surface area contributed by atoms with Crippen molar-refractivity contribution in [3.05, 3.63) is 49.1 Å². The fraction of sp³-hybridized carbons (Fsp3) is 0.231. The molecule has 0 aliphatic heterocycles. The van der Waals surface area contributed by atoms with Crippen molar-refractivity contribution in [1.29, 1.82) is 0 Å². The molecule has 0 aliphatic carbocycles. The van der Waals surface area contributed by atoms with Gasteiger partial charge in [-0.15, -0.1) is 11.3 Å². The molecule has 0 aliphatic rings. The summed E-state index contributed by atoms with van der Waals surface area (Å²) in [6, 6.07) is 5.46. The molecular weight excluding hydrogens is 336 g/mol. The number of aryl methyl sites for hydroxylation is 1. The summed E-state index contributed by atoms with van der Waals surface area (Å²) in [6.45, 7) is 1.97. The smallest absolute Gasteiger partial charge is 0.139 e. The average Bonchev–Trinajstić information content (AvgIpc) is 2.73. The number of ether oxygens (including phenoxy) is 1. The molecule has 1 atom stereocenters. The standard InChI is InChI=1S/C13H12BrClO2S/c1-7-3-4-18-13(7)11(16)9-5-8(15)6-10(14)12(9)17-2/h3-6,11,16H,1-2H3. The van der Waals surface area contributed by atoms with E-state index in [-0.39, 0.29) is 0 Å². The van der Waals surface area contributed by atoms with E-state index in [1.807, 2.05) is 18.4 Å². The number of hydrogen-bond donors (Lipinski definition) is 1. The Balaban J connectivity index is 2.54. The molecule has 1 N–H and O–H groups in total. The predicted octanol–water partition coefficient (Wildman–Crippen LogP) is 4.56. The first-order valence-corrected chi connectivity index (χ1v) is 7.34. The Labute approximate surface area is 123 Å². The molecule has 2 nitrogen and oxygen atoms in total. The minimum Gasteiger partial charge on any atom is -0.495 e. The first-order chi connectivity index (χ1) is 8.54. The Hall–Kier alpha value is -0.550. The van der Waals surface area contributed by atoms with Crippen molar-refractivity contribution in [2.24, 2.45) is 0 Å². The average molecular weight is 348 g/mol. The van der Waals surface area contributed by atoms with Crippen LogP contribution in [0.15, 0.2) is 28.1 Å². The van der Waals surface area contributed by atoms with E-state index >= 15 is 0 Å². The fourth-order valence-electron chi connectivity index (χ4n) is 1.80. The number of aliphatic hydroxyl groups excluding tert-OH is 1. The van der Waals surface area contributed by atoms with Crippen molar-refractivity contribution in [3.63, 3.8) is 0 Å². The van der Waals surface area contributed by atoms with Gasteiger partial charge in [-0.25, -0.2) is 0 Å². The number of halogens is 2. The molecule has 0 spiro atoms. The van der Waals surface area contributed by atoms with Gasteiger partial charge in [0.1, 0.15) is 11.9 Å². The minimum absolute atomic E-state index is 0.561. The molecule has 0 bridgehead atoms. The van der Waals surface area contributed by atoms with Crippen molar-refractivity contribution in [1.82, 2.24) is 0 Å².